The lowest BCUT2D eigenvalue weighted by Crippen LogP contribution is -2.46. The molecule has 1 aromatic heterocycles. The molecule has 1 fully saturated rings. The smallest absolute Gasteiger partial charge is 0.410 e. The summed E-state index contributed by atoms with van der Waals surface area (Å²) in [5.41, 5.74) is 0.390. The van der Waals surface area contributed by atoms with Gasteiger partial charge in [-0.2, -0.15) is 5.10 Å². The molecule has 1 amide bonds. The molecular weight excluding hydrogens is 362 g/mol. The molecule has 1 aliphatic heterocycles. The number of hydrogen-bond donors (Lipinski definition) is 0. The van der Waals surface area contributed by atoms with Gasteiger partial charge in [-0.25, -0.2) is 9.48 Å². The second-order valence-electron chi connectivity index (χ2n) is 7.03. The fraction of sp³-hybridized carbons (Fsp3) is 0.750. The number of rotatable bonds is 3. The molecule has 0 N–H and O–H groups in total. The number of aryl methyl sites for hydroxylation is 2. The summed E-state index contributed by atoms with van der Waals surface area (Å²) in [5, 5.41) is 4.33. The van der Waals surface area contributed by atoms with Gasteiger partial charge >= 0.3 is 6.09 Å². The van der Waals surface area contributed by atoms with E-state index >= 15 is 0 Å². The number of amides is 1. The molecule has 0 aliphatic carbocycles. The van der Waals surface area contributed by atoms with Crippen LogP contribution in [0.5, 0.6) is 5.88 Å². The van der Waals surface area contributed by atoms with Crippen LogP contribution in [0.1, 0.15) is 46.2 Å². The van der Waals surface area contributed by atoms with Crippen molar-refractivity contribution in [1.29, 1.82) is 0 Å². The lowest BCUT2D eigenvalue weighted by molar-refractivity contribution is 0.0103. The predicted octanol–water partition coefficient (Wildman–Crippen LogP) is 3.66. The van der Waals surface area contributed by atoms with Gasteiger partial charge in [-0.15, -0.1) is 0 Å². The van der Waals surface area contributed by atoms with Crippen LogP contribution in [-0.2, 0) is 11.8 Å². The average molecular weight is 388 g/mol. The summed E-state index contributed by atoms with van der Waals surface area (Å²) in [7, 11) is 1.85. The van der Waals surface area contributed by atoms with Crippen molar-refractivity contribution in [2.45, 2.75) is 65.2 Å². The number of aromatic nitrogens is 2. The lowest BCUT2D eigenvalue weighted by Gasteiger charge is -2.31. The molecule has 2 rings (SSSR count). The number of halogens is 1. The minimum absolute atomic E-state index is 0.00644. The zero-order chi connectivity index (χ0) is 17.4. The molecule has 2 atom stereocenters. The van der Waals surface area contributed by atoms with Gasteiger partial charge in [0.25, 0.3) is 0 Å². The number of hydrogen-bond acceptors (Lipinski definition) is 4. The summed E-state index contributed by atoms with van der Waals surface area (Å²) in [5.74, 6) is 0.686. The summed E-state index contributed by atoms with van der Waals surface area (Å²) < 4.78 is 14.2. The molecule has 1 aromatic rings. The van der Waals surface area contributed by atoms with Gasteiger partial charge in [0.1, 0.15) is 16.2 Å². The number of ether oxygens (including phenoxy) is 2. The van der Waals surface area contributed by atoms with Gasteiger partial charge in [-0.3, -0.25) is 0 Å². The van der Waals surface area contributed by atoms with E-state index in [0.29, 0.717) is 12.4 Å². The maximum atomic E-state index is 12.4. The van der Waals surface area contributed by atoms with Gasteiger partial charge in [-0.1, -0.05) is 0 Å². The van der Waals surface area contributed by atoms with Crippen molar-refractivity contribution >= 4 is 22.0 Å². The molecule has 6 nitrogen and oxygen atoms in total. The summed E-state index contributed by atoms with van der Waals surface area (Å²) in [6.07, 6.45) is 1.46. The van der Waals surface area contributed by atoms with Crippen LogP contribution < -0.4 is 4.74 Å². The molecule has 0 radical (unpaired) electrons. The minimum atomic E-state index is -0.490. The third-order valence-corrected chi connectivity index (χ3v) is 4.78. The van der Waals surface area contributed by atoms with Crippen molar-refractivity contribution in [2.24, 2.45) is 7.05 Å². The first-order valence-corrected chi connectivity index (χ1v) is 8.75. The molecule has 1 aliphatic rings. The van der Waals surface area contributed by atoms with Gasteiger partial charge in [0, 0.05) is 13.6 Å². The minimum Gasteiger partial charge on any atom is -0.472 e. The van der Waals surface area contributed by atoms with E-state index in [9.17, 15) is 4.79 Å². The van der Waals surface area contributed by atoms with Gasteiger partial charge in [0.05, 0.1) is 11.7 Å². The van der Waals surface area contributed by atoms with E-state index in [2.05, 4.69) is 21.0 Å². The summed E-state index contributed by atoms with van der Waals surface area (Å²) >= 11 is 3.51. The summed E-state index contributed by atoms with van der Waals surface area (Å²) in [6, 6.07) is 0.00644. The van der Waals surface area contributed by atoms with Crippen LogP contribution in [0.15, 0.2) is 4.47 Å². The first-order valence-electron chi connectivity index (χ1n) is 7.95. The number of likely N-dealkylation sites (tertiary alicyclic amines) is 1. The Morgan fingerprint density at radius 3 is 2.61 bits per heavy atom. The van der Waals surface area contributed by atoms with Crippen LogP contribution in [0.25, 0.3) is 0 Å². The monoisotopic (exact) mass is 387 g/mol. The highest BCUT2D eigenvalue weighted by Crippen LogP contribution is 2.31. The van der Waals surface area contributed by atoms with Gasteiger partial charge in [0.15, 0.2) is 0 Å². The van der Waals surface area contributed by atoms with E-state index in [0.717, 1.165) is 23.0 Å². The van der Waals surface area contributed by atoms with Crippen LogP contribution in [0, 0.1) is 6.92 Å². The largest absolute Gasteiger partial charge is 0.472 e. The van der Waals surface area contributed by atoms with Crippen molar-refractivity contribution in [3.05, 3.63) is 10.2 Å². The van der Waals surface area contributed by atoms with E-state index in [4.69, 9.17) is 9.47 Å². The van der Waals surface area contributed by atoms with E-state index in [1.807, 2.05) is 41.7 Å². The zero-order valence-electron chi connectivity index (χ0n) is 14.7. The van der Waals surface area contributed by atoms with Crippen molar-refractivity contribution in [1.82, 2.24) is 14.7 Å². The topological polar surface area (TPSA) is 56.6 Å². The summed E-state index contributed by atoms with van der Waals surface area (Å²) in [4.78, 5) is 14.2. The van der Waals surface area contributed by atoms with Gasteiger partial charge in [0.2, 0.25) is 5.88 Å². The molecule has 23 heavy (non-hydrogen) atoms. The molecule has 7 heteroatoms. The average Bonchev–Trinajstić information content (AvgIpc) is 2.98. The second-order valence-corrected chi connectivity index (χ2v) is 7.83. The first-order chi connectivity index (χ1) is 10.6. The van der Waals surface area contributed by atoms with Crippen molar-refractivity contribution in [3.63, 3.8) is 0 Å². The normalized spacial score (nSPS) is 19.8. The fourth-order valence-electron chi connectivity index (χ4n) is 2.82. The Morgan fingerprint density at radius 1 is 1.43 bits per heavy atom. The van der Waals surface area contributed by atoms with E-state index in [1.54, 1.807) is 9.58 Å². The van der Waals surface area contributed by atoms with E-state index in [-0.39, 0.29) is 18.2 Å². The van der Waals surface area contributed by atoms with Crippen molar-refractivity contribution in [2.75, 3.05) is 6.54 Å². The Hall–Kier alpha value is -1.24. The molecule has 0 spiro atoms. The van der Waals surface area contributed by atoms with Crippen molar-refractivity contribution < 1.29 is 14.3 Å². The number of nitrogens with zero attached hydrogens (tertiary/aromatic N) is 3. The molecule has 0 bridgehead atoms. The Bertz CT molecular complexity index is 580. The highest BCUT2D eigenvalue weighted by Gasteiger charge is 2.37. The Kier molecular flexibility index (Phi) is 5.28. The lowest BCUT2D eigenvalue weighted by atomic mass is 10.1. The third kappa shape index (κ3) is 4.19. The summed E-state index contributed by atoms with van der Waals surface area (Å²) in [6.45, 7) is 10.3. The molecule has 1 saturated heterocycles. The first kappa shape index (κ1) is 18.1. The number of carbonyl (C=O) groups is 1. The second kappa shape index (κ2) is 6.71. The van der Waals surface area contributed by atoms with Crippen LogP contribution in [0.2, 0.25) is 0 Å². The fourth-order valence-corrected chi connectivity index (χ4v) is 3.25. The molecule has 1 unspecified atom stereocenters. The predicted molar refractivity (Wildman–Crippen MR) is 91.7 cm³/mol. The van der Waals surface area contributed by atoms with Gasteiger partial charge in [-0.05, 0) is 63.4 Å². The van der Waals surface area contributed by atoms with Crippen LogP contribution in [-0.4, -0.2) is 45.1 Å². The highest BCUT2D eigenvalue weighted by atomic mass is 79.9. The van der Waals surface area contributed by atoms with E-state index < -0.39 is 5.60 Å². The molecule has 2 heterocycles. The SMILES string of the molecule is Cc1nn(C)c(OC(C)[C@H]2CCCN2C(=O)OC(C)(C)C)c1Br. The van der Waals surface area contributed by atoms with Crippen LogP contribution in [0.4, 0.5) is 4.79 Å². The van der Waals surface area contributed by atoms with E-state index in [1.165, 1.54) is 0 Å². The molecule has 0 saturated carbocycles. The zero-order valence-corrected chi connectivity index (χ0v) is 16.3. The highest BCUT2D eigenvalue weighted by molar-refractivity contribution is 9.10. The molecular formula is C16H26BrN3O3. The Labute approximate surface area is 146 Å². The molecule has 0 aromatic carbocycles. The maximum absolute atomic E-state index is 12.4. The Morgan fingerprint density at radius 2 is 2.09 bits per heavy atom. The van der Waals surface area contributed by atoms with Crippen LogP contribution >= 0.6 is 15.9 Å². The van der Waals surface area contributed by atoms with Crippen molar-refractivity contribution in [3.8, 4) is 5.88 Å². The van der Waals surface area contributed by atoms with Gasteiger partial charge < -0.3 is 14.4 Å². The standard InChI is InChI=1S/C16H26BrN3O3/c1-10-13(17)14(19(6)18-10)22-11(2)12-8-7-9-20(12)15(21)23-16(3,4)5/h11-12H,7-9H2,1-6H3/t11?,12-/m1/s1. The number of carbonyl (C=O) groups excluding carboxylic acids is 1. The quantitative estimate of drug-likeness (QED) is 0.793. The molecule has 130 valence electrons. The Balaban J connectivity index is 2.08. The maximum Gasteiger partial charge on any atom is 0.410 e. The third-order valence-electron chi connectivity index (χ3n) is 3.87. The van der Waals surface area contributed by atoms with Crippen LogP contribution in [0.3, 0.4) is 0 Å².